The molecule has 0 radical (unpaired) electrons. The fourth-order valence-electron chi connectivity index (χ4n) is 3.94. The molecule has 1 aromatic carbocycles. The summed E-state index contributed by atoms with van der Waals surface area (Å²) in [6, 6.07) is 13.4. The van der Waals surface area contributed by atoms with Crippen molar-refractivity contribution in [3.8, 4) is 0 Å². The zero-order valence-electron chi connectivity index (χ0n) is 16.5. The van der Waals surface area contributed by atoms with Gasteiger partial charge in [0.2, 0.25) is 0 Å². The van der Waals surface area contributed by atoms with Crippen LogP contribution in [0.3, 0.4) is 0 Å². The molecule has 1 aliphatic carbocycles. The number of nitrogens with zero attached hydrogens (tertiary/aromatic N) is 1. The predicted octanol–water partition coefficient (Wildman–Crippen LogP) is 5.17. The second kappa shape index (κ2) is 9.14. The van der Waals surface area contributed by atoms with Crippen LogP contribution in [0, 0.1) is 17.8 Å². The normalized spacial score (nSPS) is 25.3. The Morgan fingerprint density at radius 2 is 1.96 bits per heavy atom. The van der Waals surface area contributed by atoms with Gasteiger partial charge in [0.1, 0.15) is 0 Å². The highest BCUT2D eigenvalue weighted by Gasteiger charge is 2.37. The Hall–Kier alpha value is -1.48. The minimum Gasteiger partial charge on any atom is -0.311 e. The summed E-state index contributed by atoms with van der Waals surface area (Å²) in [7, 11) is -3.19. The van der Waals surface area contributed by atoms with Crippen LogP contribution >= 0.6 is 7.52 Å². The molecule has 0 aliphatic heterocycles. The molecule has 0 spiro atoms. The Kier molecular flexibility index (Phi) is 6.86. The van der Waals surface area contributed by atoms with Gasteiger partial charge in [-0.25, -0.2) is 5.09 Å². The first-order chi connectivity index (χ1) is 13.0. The van der Waals surface area contributed by atoms with Crippen molar-refractivity contribution in [1.29, 1.82) is 0 Å². The van der Waals surface area contributed by atoms with Crippen LogP contribution in [0.4, 0.5) is 0 Å². The average Bonchev–Trinajstić information content (AvgIpc) is 2.68. The zero-order valence-corrected chi connectivity index (χ0v) is 17.4. The lowest BCUT2D eigenvalue weighted by molar-refractivity contribution is 0.0483. The molecule has 1 aliphatic rings. The third kappa shape index (κ3) is 5.28. The summed E-state index contributed by atoms with van der Waals surface area (Å²) in [4.78, 5) is 4.15. The topological polar surface area (TPSA) is 51.2 Å². The maximum absolute atomic E-state index is 14.0. The average molecular weight is 386 g/mol. The van der Waals surface area contributed by atoms with Gasteiger partial charge in [0.25, 0.3) is 7.52 Å². The number of aromatic nitrogens is 1. The van der Waals surface area contributed by atoms with Crippen molar-refractivity contribution in [3.05, 3.63) is 60.4 Å². The quantitative estimate of drug-likeness (QED) is 0.667. The molecule has 5 heteroatoms. The highest BCUT2D eigenvalue weighted by molar-refractivity contribution is 7.65. The van der Waals surface area contributed by atoms with E-state index < -0.39 is 7.52 Å². The Morgan fingerprint density at radius 3 is 2.63 bits per heavy atom. The zero-order chi connectivity index (χ0) is 19.3. The summed E-state index contributed by atoms with van der Waals surface area (Å²) in [5, 5.41) is 3.97. The second-order valence-corrected chi connectivity index (χ2v) is 10.2. The van der Waals surface area contributed by atoms with Crippen molar-refractivity contribution >= 4 is 12.8 Å². The molecule has 4 atom stereocenters. The molecule has 1 heterocycles. The molecule has 27 heavy (non-hydrogen) atoms. The molecule has 1 N–H and O–H groups in total. The van der Waals surface area contributed by atoms with Crippen molar-refractivity contribution in [2.24, 2.45) is 17.8 Å². The van der Waals surface area contributed by atoms with Gasteiger partial charge in [-0.1, -0.05) is 51.5 Å². The summed E-state index contributed by atoms with van der Waals surface area (Å²) < 4.78 is 20.4. The van der Waals surface area contributed by atoms with E-state index in [0.29, 0.717) is 24.3 Å². The first kappa shape index (κ1) is 20.3. The standard InChI is InChI=1S/C22H31N2O2P/c1-17(2)21-12-11-18(3)14-22(21)26-27(25,20-9-5-4-6-10-20)24-16-19-8-7-13-23-15-19/h4-10,13,15,17-18,21-22H,11-12,14,16H2,1-3H3,(H,24,25). The Labute approximate surface area is 163 Å². The predicted molar refractivity (Wildman–Crippen MR) is 111 cm³/mol. The van der Waals surface area contributed by atoms with Crippen molar-refractivity contribution < 1.29 is 9.09 Å². The summed E-state index contributed by atoms with van der Waals surface area (Å²) in [6.07, 6.45) is 6.88. The summed E-state index contributed by atoms with van der Waals surface area (Å²) in [5.41, 5.74) is 0.995. The molecule has 0 bridgehead atoms. The largest absolute Gasteiger partial charge is 0.311 e. The third-order valence-corrected chi connectivity index (χ3v) is 7.68. The van der Waals surface area contributed by atoms with E-state index in [1.165, 1.54) is 6.42 Å². The van der Waals surface area contributed by atoms with Crippen LogP contribution in [0.15, 0.2) is 54.9 Å². The fraction of sp³-hybridized carbons (Fsp3) is 0.500. The van der Waals surface area contributed by atoms with E-state index >= 15 is 0 Å². The summed E-state index contributed by atoms with van der Waals surface area (Å²) >= 11 is 0. The van der Waals surface area contributed by atoms with Crippen molar-refractivity contribution in [2.75, 3.05) is 0 Å². The molecule has 4 unspecified atom stereocenters. The van der Waals surface area contributed by atoms with Crippen molar-refractivity contribution in [2.45, 2.75) is 52.7 Å². The van der Waals surface area contributed by atoms with E-state index in [4.69, 9.17) is 4.52 Å². The Balaban J connectivity index is 1.84. The van der Waals surface area contributed by atoms with Crippen LogP contribution in [0.25, 0.3) is 0 Å². The molecule has 3 rings (SSSR count). The fourth-order valence-corrected chi connectivity index (χ4v) is 5.90. The molecule has 0 saturated heterocycles. The number of hydrogen-bond acceptors (Lipinski definition) is 3. The summed E-state index contributed by atoms with van der Waals surface area (Å²) in [6.45, 7) is 7.22. The van der Waals surface area contributed by atoms with Crippen LogP contribution in [0.1, 0.15) is 45.6 Å². The lowest BCUT2D eigenvalue weighted by Crippen LogP contribution is -2.36. The van der Waals surface area contributed by atoms with Gasteiger partial charge < -0.3 is 4.52 Å². The van der Waals surface area contributed by atoms with E-state index in [9.17, 15) is 4.57 Å². The first-order valence-electron chi connectivity index (χ1n) is 9.96. The SMILES string of the molecule is CC1CCC(C(C)C)C(OP(=O)(NCc2cccnc2)c2ccccc2)C1. The molecule has 146 valence electrons. The van der Waals surface area contributed by atoms with Gasteiger partial charge in [-0.15, -0.1) is 0 Å². The molecule has 1 saturated carbocycles. The van der Waals surface area contributed by atoms with Crippen LogP contribution in [0.2, 0.25) is 0 Å². The minimum atomic E-state index is -3.19. The minimum absolute atomic E-state index is 0.0150. The Morgan fingerprint density at radius 1 is 1.19 bits per heavy atom. The molecule has 1 fully saturated rings. The van der Waals surface area contributed by atoms with E-state index in [-0.39, 0.29) is 6.10 Å². The molecule has 4 nitrogen and oxygen atoms in total. The highest BCUT2D eigenvalue weighted by atomic mass is 31.2. The molecule has 2 aromatic rings. The van der Waals surface area contributed by atoms with Crippen LogP contribution in [-0.2, 0) is 15.6 Å². The highest BCUT2D eigenvalue weighted by Crippen LogP contribution is 2.48. The van der Waals surface area contributed by atoms with Crippen LogP contribution in [0.5, 0.6) is 0 Å². The second-order valence-electron chi connectivity index (χ2n) is 8.05. The number of hydrogen-bond donors (Lipinski definition) is 1. The van der Waals surface area contributed by atoms with E-state index in [2.05, 4.69) is 30.8 Å². The third-order valence-electron chi connectivity index (χ3n) is 5.56. The molecular weight excluding hydrogens is 355 g/mol. The van der Waals surface area contributed by atoms with Crippen LogP contribution in [-0.4, -0.2) is 11.1 Å². The van der Waals surface area contributed by atoms with Crippen molar-refractivity contribution in [3.63, 3.8) is 0 Å². The van der Waals surface area contributed by atoms with E-state index in [1.54, 1.807) is 12.4 Å². The Bertz CT molecular complexity index is 751. The summed E-state index contributed by atoms with van der Waals surface area (Å²) in [5.74, 6) is 1.57. The molecule has 1 aromatic heterocycles. The number of pyridine rings is 1. The molecular formula is C22H31N2O2P. The number of rotatable bonds is 7. The lowest BCUT2D eigenvalue weighted by atomic mass is 9.75. The van der Waals surface area contributed by atoms with E-state index in [0.717, 1.165) is 23.7 Å². The van der Waals surface area contributed by atoms with Gasteiger partial charge in [-0.05, 0) is 54.4 Å². The number of benzene rings is 1. The van der Waals surface area contributed by atoms with Gasteiger partial charge in [0.15, 0.2) is 0 Å². The monoisotopic (exact) mass is 386 g/mol. The van der Waals surface area contributed by atoms with Crippen LogP contribution < -0.4 is 10.4 Å². The number of nitrogens with one attached hydrogen (secondary N) is 1. The lowest BCUT2D eigenvalue weighted by Gasteiger charge is -2.39. The first-order valence-corrected chi connectivity index (χ1v) is 11.6. The smallest absolute Gasteiger partial charge is 0.300 e. The van der Waals surface area contributed by atoms with Gasteiger partial charge in [0.05, 0.1) is 11.4 Å². The van der Waals surface area contributed by atoms with Gasteiger partial charge >= 0.3 is 0 Å². The molecule has 0 amide bonds. The van der Waals surface area contributed by atoms with Crippen molar-refractivity contribution in [1.82, 2.24) is 10.1 Å². The van der Waals surface area contributed by atoms with E-state index in [1.807, 2.05) is 42.5 Å². The van der Waals surface area contributed by atoms with Gasteiger partial charge in [0, 0.05) is 18.9 Å². The van der Waals surface area contributed by atoms with Gasteiger partial charge in [-0.2, -0.15) is 0 Å². The maximum atomic E-state index is 14.0. The maximum Gasteiger partial charge on any atom is 0.300 e. The van der Waals surface area contributed by atoms with Gasteiger partial charge in [-0.3, -0.25) is 9.55 Å².